The van der Waals surface area contributed by atoms with E-state index in [0.717, 1.165) is 29.0 Å². The summed E-state index contributed by atoms with van der Waals surface area (Å²) in [5, 5.41) is 11.0. The number of hydrazone groups is 1. The summed E-state index contributed by atoms with van der Waals surface area (Å²) in [6, 6.07) is 14.4. The van der Waals surface area contributed by atoms with Gasteiger partial charge in [0.15, 0.2) is 5.13 Å². The second kappa shape index (κ2) is 7.84. The average molecular weight is 433 g/mol. The molecule has 1 atom stereocenters. The SMILES string of the molecule is NC(=O)C1CC(C(=O)Nc2nc(-c3ccc4c(c3)CCO4)cs2)=NN1c1ccccc1. The summed E-state index contributed by atoms with van der Waals surface area (Å²) in [7, 11) is 0. The highest BCUT2D eigenvalue weighted by Crippen LogP contribution is 2.32. The summed E-state index contributed by atoms with van der Waals surface area (Å²) in [5.41, 5.74) is 9.40. The van der Waals surface area contributed by atoms with E-state index in [1.807, 2.05) is 47.8 Å². The van der Waals surface area contributed by atoms with Crippen LogP contribution in [0.5, 0.6) is 5.75 Å². The molecule has 2 amide bonds. The lowest BCUT2D eigenvalue weighted by molar-refractivity contribution is -0.119. The van der Waals surface area contributed by atoms with Crippen molar-refractivity contribution in [1.82, 2.24) is 4.98 Å². The Morgan fingerprint density at radius 2 is 2.03 bits per heavy atom. The number of primary amides is 1. The van der Waals surface area contributed by atoms with E-state index in [0.29, 0.717) is 17.4 Å². The van der Waals surface area contributed by atoms with E-state index in [1.54, 1.807) is 0 Å². The molecule has 1 unspecified atom stereocenters. The Hall–Kier alpha value is -3.72. The number of hydrogen-bond donors (Lipinski definition) is 2. The molecule has 0 bridgehead atoms. The van der Waals surface area contributed by atoms with Gasteiger partial charge in [-0.05, 0) is 35.9 Å². The van der Waals surface area contributed by atoms with Gasteiger partial charge in [-0.3, -0.25) is 19.9 Å². The molecule has 5 rings (SSSR count). The molecule has 2 aliphatic heterocycles. The number of benzene rings is 2. The van der Waals surface area contributed by atoms with Crippen molar-refractivity contribution in [3.8, 4) is 17.0 Å². The Morgan fingerprint density at radius 1 is 1.19 bits per heavy atom. The molecule has 0 spiro atoms. The number of nitrogens with one attached hydrogen (secondary N) is 1. The molecule has 3 heterocycles. The molecule has 2 aliphatic rings. The number of rotatable bonds is 5. The Balaban J connectivity index is 1.33. The molecule has 31 heavy (non-hydrogen) atoms. The predicted octanol–water partition coefficient (Wildman–Crippen LogP) is 2.80. The quantitative estimate of drug-likeness (QED) is 0.643. The second-order valence-corrected chi connectivity index (χ2v) is 8.12. The van der Waals surface area contributed by atoms with Crippen LogP contribution in [0.25, 0.3) is 11.3 Å². The molecule has 2 aromatic carbocycles. The lowest BCUT2D eigenvalue weighted by Crippen LogP contribution is -2.39. The monoisotopic (exact) mass is 433 g/mol. The third-order valence-corrected chi connectivity index (χ3v) is 5.99. The van der Waals surface area contributed by atoms with Crippen LogP contribution in [0.2, 0.25) is 0 Å². The fourth-order valence-corrected chi connectivity index (χ4v) is 4.38. The van der Waals surface area contributed by atoms with Gasteiger partial charge >= 0.3 is 0 Å². The Kier molecular flexibility index (Phi) is 4.87. The molecule has 8 nitrogen and oxygen atoms in total. The van der Waals surface area contributed by atoms with E-state index in [-0.39, 0.29) is 12.1 Å². The van der Waals surface area contributed by atoms with Crippen molar-refractivity contribution in [1.29, 1.82) is 0 Å². The van der Waals surface area contributed by atoms with Gasteiger partial charge in [-0.2, -0.15) is 5.10 Å². The summed E-state index contributed by atoms with van der Waals surface area (Å²) in [6.07, 6.45) is 1.02. The van der Waals surface area contributed by atoms with Crippen LogP contribution < -0.4 is 20.8 Å². The van der Waals surface area contributed by atoms with E-state index >= 15 is 0 Å². The number of fused-ring (bicyclic) bond motifs is 1. The normalized spacial score (nSPS) is 17.1. The van der Waals surface area contributed by atoms with Crippen LogP contribution in [0.4, 0.5) is 10.8 Å². The number of hydrogen-bond acceptors (Lipinski definition) is 7. The Bertz CT molecular complexity index is 1190. The summed E-state index contributed by atoms with van der Waals surface area (Å²) in [6.45, 7) is 0.700. The number of ether oxygens (including phenoxy) is 1. The van der Waals surface area contributed by atoms with Gasteiger partial charge in [0.05, 0.1) is 18.0 Å². The lowest BCUT2D eigenvalue weighted by atomic mass is 10.1. The number of para-hydroxylation sites is 1. The predicted molar refractivity (Wildman–Crippen MR) is 119 cm³/mol. The zero-order valence-corrected chi connectivity index (χ0v) is 17.3. The van der Waals surface area contributed by atoms with Gasteiger partial charge in [-0.15, -0.1) is 11.3 Å². The highest BCUT2D eigenvalue weighted by atomic mass is 32.1. The average Bonchev–Trinajstić information content (AvgIpc) is 3.52. The van der Waals surface area contributed by atoms with Gasteiger partial charge in [0.2, 0.25) is 5.91 Å². The van der Waals surface area contributed by atoms with Gasteiger partial charge in [0.1, 0.15) is 17.5 Å². The smallest absolute Gasteiger partial charge is 0.273 e. The first-order valence-corrected chi connectivity index (χ1v) is 10.7. The van der Waals surface area contributed by atoms with Gasteiger partial charge in [-0.25, -0.2) is 4.98 Å². The topological polar surface area (TPSA) is 110 Å². The van der Waals surface area contributed by atoms with Crippen molar-refractivity contribution in [3.05, 3.63) is 59.5 Å². The van der Waals surface area contributed by atoms with Crippen LogP contribution >= 0.6 is 11.3 Å². The minimum Gasteiger partial charge on any atom is -0.493 e. The number of nitrogens with zero attached hydrogens (tertiary/aromatic N) is 3. The number of anilines is 2. The van der Waals surface area contributed by atoms with Crippen molar-refractivity contribution in [2.75, 3.05) is 16.9 Å². The third kappa shape index (κ3) is 3.75. The molecule has 0 saturated carbocycles. The zero-order chi connectivity index (χ0) is 21.4. The summed E-state index contributed by atoms with van der Waals surface area (Å²) in [4.78, 5) is 29.2. The highest BCUT2D eigenvalue weighted by Gasteiger charge is 2.35. The van der Waals surface area contributed by atoms with E-state index in [4.69, 9.17) is 10.5 Å². The number of thiazole rings is 1. The van der Waals surface area contributed by atoms with Crippen molar-refractivity contribution in [2.24, 2.45) is 10.8 Å². The highest BCUT2D eigenvalue weighted by molar-refractivity contribution is 7.14. The van der Waals surface area contributed by atoms with E-state index in [9.17, 15) is 9.59 Å². The fourth-order valence-electron chi connectivity index (χ4n) is 3.67. The molecule has 3 aromatic rings. The van der Waals surface area contributed by atoms with Crippen LogP contribution in [-0.2, 0) is 16.0 Å². The first kappa shape index (κ1) is 19.3. The molecule has 0 aliphatic carbocycles. The number of aromatic nitrogens is 1. The summed E-state index contributed by atoms with van der Waals surface area (Å²) in [5.74, 6) is -0.0146. The fraction of sp³-hybridized carbons (Fsp3) is 0.182. The molecule has 3 N–H and O–H groups in total. The van der Waals surface area contributed by atoms with Crippen molar-refractivity contribution < 1.29 is 14.3 Å². The number of nitrogens with two attached hydrogens (primary N) is 1. The van der Waals surface area contributed by atoms with E-state index in [1.165, 1.54) is 16.3 Å². The first-order valence-electron chi connectivity index (χ1n) is 9.82. The largest absolute Gasteiger partial charge is 0.493 e. The number of carbonyl (C=O) groups excluding carboxylic acids is 2. The maximum Gasteiger partial charge on any atom is 0.273 e. The van der Waals surface area contributed by atoms with Crippen molar-refractivity contribution >= 4 is 39.7 Å². The van der Waals surface area contributed by atoms with Gasteiger partial charge < -0.3 is 10.5 Å². The molecule has 9 heteroatoms. The van der Waals surface area contributed by atoms with Crippen LogP contribution in [-0.4, -0.2) is 35.2 Å². The van der Waals surface area contributed by atoms with E-state index < -0.39 is 17.9 Å². The maximum atomic E-state index is 12.8. The van der Waals surface area contributed by atoms with Crippen LogP contribution in [0.3, 0.4) is 0 Å². The van der Waals surface area contributed by atoms with Gasteiger partial charge in [0.25, 0.3) is 5.91 Å². The molecule has 0 fully saturated rings. The van der Waals surface area contributed by atoms with Crippen LogP contribution in [0.1, 0.15) is 12.0 Å². The van der Waals surface area contributed by atoms with Crippen LogP contribution in [0.15, 0.2) is 59.0 Å². The molecule has 0 saturated heterocycles. The minimum atomic E-state index is -0.705. The lowest BCUT2D eigenvalue weighted by Gasteiger charge is -2.20. The Morgan fingerprint density at radius 3 is 2.84 bits per heavy atom. The molecular formula is C22H19N5O3S. The second-order valence-electron chi connectivity index (χ2n) is 7.26. The molecular weight excluding hydrogens is 414 g/mol. The summed E-state index contributed by atoms with van der Waals surface area (Å²) < 4.78 is 5.55. The van der Waals surface area contributed by atoms with Gasteiger partial charge in [-0.1, -0.05) is 18.2 Å². The maximum absolute atomic E-state index is 12.8. The Labute approximate surface area is 182 Å². The van der Waals surface area contributed by atoms with Crippen molar-refractivity contribution in [2.45, 2.75) is 18.9 Å². The summed E-state index contributed by atoms with van der Waals surface area (Å²) >= 11 is 1.33. The standard InChI is InChI=1S/C22H19N5O3S/c23-20(28)18-11-16(26-27(18)15-4-2-1-3-5-15)21(29)25-22-24-17(12-31-22)13-6-7-19-14(10-13)8-9-30-19/h1-7,10,12,18H,8-9,11H2,(H2,23,28)(H,24,25,29). The minimum absolute atomic E-state index is 0.138. The first-order chi connectivity index (χ1) is 15.1. The van der Waals surface area contributed by atoms with Crippen molar-refractivity contribution in [3.63, 3.8) is 0 Å². The van der Waals surface area contributed by atoms with E-state index in [2.05, 4.69) is 21.5 Å². The number of amides is 2. The zero-order valence-electron chi connectivity index (χ0n) is 16.4. The molecule has 1 aromatic heterocycles. The van der Waals surface area contributed by atoms with Gasteiger partial charge in [0, 0.05) is 23.8 Å². The third-order valence-electron chi connectivity index (χ3n) is 5.23. The van der Waals surface area contributed by atoms with Crippen LogP contribution in [0, 0.1) is 0 Å². The molecule has 0 radical (unpaired) electrons. The number of carbonyl (C=O) groups is 2. The molecule has 156 valence electrons.